The van der Waals surface area contributed by atoms with Crippen LogP contribution < -0.4 is 11.1 Å². The van der Waals surface area contributed by atoms with Crippen LogP contribution in [0, 0.1) is 5.92 Å². The third-order valence-electron chi connectivity index (χ3n) is 3.59. The van der Waals surface area contributed by atoms with Crippen LogP contribution in [0.5, 0.6) is 0 Å². The van der Waals surface area contributed by atoms with E-state index in [-0.39, 0.29) is 6.04 Å². The van der Waals surface area contributed by atoms with Crippen molar-refractivity contribution in [3.05, 3.63) is 0 Å². The fourth-order valence-corrected chi connectivity index (χ4v) is 2.15. The quantitative estimate of drug-likeness (QED) is 0.543. The molecule has 0 aliphatic heterocycles. The van der Waals surface area contributed by atoms with Gasteiger partial charge in [-0.15, -0.1) is 0 Å². The molecule has 0 aromatic rings. The van der Waals surface area contributed by atoms with E-state index in [9.17, 15) is 14.4 Å². The van der Waals surface area contributed by atoms with Crippen LogP contribution in [0.2, 0.25) is 0 Å². The molecule has 3 amide bonds. The molecule has 1 unspecified atom stereocenters. The second-order valence-corrected chi connectivity index (χ2v) is 5.27. The van der Waals surface area contributed by atoms with E-state index in [1.54, 1.807) is 4.90 Å². The van der Waals surface area contributed by atoms with E-state index in [1.807, 2.05) is 6.92 Å². The SMILES string of the molecule is COCCN(C(=O)N[C@@H](CC(N)=O)C(=O)O)C(C)C1CC1. The number of carbonyl (C=O) groups is 3. The van der Waals surface area contributed by atoms with Gasteiger partial charge in [-0.1, -0.05) is 0 Å². The number of hydrogen-bond acceptors (Lipinski definition) is 4. The summed E-state index contributed by atoms with van der Waals surface area (Å²) < 4.78 is 4.98. The molecule has 1 fully saturated rings. The van der Waals surface area contributed by atoms with Crippen LogP contribution in [0.3, 0.4) is 0 Å². The van der Waals surface area contributed by atoms with Gasteiger partial charge in [-0.05, 0) is 25.7 Å². The van der Waals surface area contributed by atoms with E-state index < -0.39 is 30.4 Å². The Labute approximate surface area is 123 Å². The number of amides is 3. The second kappa shape index (κ2) is 7.82. The molecule has 0 radical (unpaired) electrons. The molecule has 8 heteroatoms. The van der Waals surface area contributed by atoms with Crippen molar-refractivity contribution >= 4 is 17.9 Å². The number of nitrogens with one attached hydrogen (secondary N) is 1. The maximum absolute atomic E-state index is 12.3. The highest BCUT2D eigenvalue weighted by Gasteiger charge is 2.35. The Balaban J connectivity index is 2.68. The fraction of sp³-hybridized carbons (Fsp3) is 0.769. The summed E-state index contributed by atoms with van der Waals surface area (Å²) in [4.78, 5) is 35.7. The average Bonchev–Trinajstić information content (AvgIpc) is 3.21. The van der Waals surface area contributed by atoms with Crippen LogP contribution in [0.15, 0.2) is 0 Å². The standard InChI is InChI=1S/C13H23N3O5/c1-8(9-3-4-9)16(5-6-21-2)13(20)15-10(12(18)19)7-11(14)17/h8-10H,3-7H2,1-2H3,(H2,14,17)(H,15,20)(H,18,19)/t8?,10-/m0/s1. The third kappa shape index (κ3) is 5.58. The minimum Gasteiger partial charge on any atom is -0.480 e. The Hall–Kier alpha value is -1.83. The summed E-state index contributed by atoms with van der Waals surface area (Å²) in [6, 6.07) is -1.82. The number of primary amides is 1. The number of nitrogens with zero attached hydrogens (tertiary/aromatic N) is 1. The Morgan fingerprint density at radius 3 is 2.48 bits per heavy atom. The highest BCUT2D eigenvalue weighted by atomic mass is 16.5. The summed E-state index contributed by atoms with van der Waals surface area (Å²) in [5, 5.41) is 11.4. The maximum atomic E-state index is 12.3. The molecular formula is C13H23N3O5. The highest BCUT2D eigenvalue weighted by Crippen LogP contribution is 2.35. The van der Waals surface area contributed by atoms with Crippen molar-refractivity contribution in [1.29, 1.82) is 0 Å². The van der Waals surface area contributed by atoms with Crippen LogP contribution in [-0.4, -0.2) is 60.3 Å². The number of carbonyl (C=O) groups excluding carboxylic acids is 2. The number of aliphatic carboxylic acids is 1. The van der Waals surface area contributed by atoms with Crippen LogP contribution in [-0.2, 0) is 14.3 Å². The van der Waals surface area contributed by atoms with Gasteiger partial charge in [0, 0.05) is 19.7 Å². The molecule has 0 bridgehead atoms. The summed E-state index contributed by atoms with van der Waals surface area (Å²) in [5.74, 6) is -1.62. The zero-order valence-electron chi connectivity index (χ0n) is 12.4. The Kier molecular flexibility index (Phi) is 6.41. The van der Waals surface area contributed by atoms with Gasteiger partial charge >= 0.3 is 12.0 Å². The second-order valence-electron chi connectivity index (χ2n) is 5.27. The van der Waals surface area contributed by atoms with Gasteiger partial charge in [0.2, 0.25) is 5.91 Å². The van der Waals surface area contributed by atoms with Crippen LogP contribution in [0.4, 0.5) is 4.79 Å². The first-order chi connectivity index (χ1) is 9.86. The van der Waals surface area contributed by atoms with Crippen LogP contribution in [0.25, 0.3) is 0 Å². The van der Waals surface area contributed by atoms with Gasteiger partial charge in [0.15, 0.2) is 0 Å². The first-order valence-corrected chi connectivity index (χ1v) is 6.94. The molecule has 0 saturated heterocycles. The zero-order valence-corrected chi connectivity index (χ0v) is 12.4. The molecule has 1 aliphatic carbocycles. The lowest BCUT2D eigenvalue weighted by molar-refractivity contribution is -0.141. The summed E-state index contributed by atoms with van der Waals surface area (Å²) in [6.07, 6.45) is 1.68. The van der Waals surface area contributed by atoms with E-state index >= 15 is 0 Å². The fourth-order valence-electron chi connectivity index (χ4n) is 2.15. The number of nitrogens with two attached hydrogens (primary N) is 1. The largest absolute Gasteiger partial charge is 0.480 e. The molecule has 120 valence electrons. The molecule has 21 heavy (non-hydrogen) atoms. The number of carboxylic acids is 1. The minimum atomic E-state index is -1.31. The molecule has 0 aromatic heterocycles. The lowest BCUT2D eigenvalue weighted by Crippen LogP contribution is -2.53. The van der Waals surface area contributed by atoms with Gasteiger partial charge in [0.05, 0.1) is 13.0 Å². The monoisotopic (exact) mass is 301 g/mol. The van der Waals surface area contributed by atoms with E-state index in [1.165, 1.54) is 7.11 Å². The summed E-state index contributed by atoms with van der Waals surface area (Å²) in [6.45, 7) is 2.65. The molecule has 1 aliphatic rings. The van der Waals surface area contributed by atoms with Crippen molar-refractivity contribution in [2.45, 2.75) is 38.3 Å². The van der Waals surface area contributed by atoms with Gasteiger partial charge in [-0.3, -0.25) is 4.79 Å². The first-order valence-electron chi connectivity index (χ1n) is 6.94. The van der Waals surface area contributed by atoms with Crippen molar-refractivity contribution in [3.63, 3.8) is 0 Å². The van der Waals surface area contributed by atoms with Gasteiger partial charge in [0.1, 0.15) is 6.04 Å². The molecule has 1 saturated carbocycles. The van der Waals surface area contributed by atoms with Crippen molar-refractivity contribution in [2.75, 3.05) is 20.3 Å². The van der Waals surface area contributed by atoms with Crippen molar-refractivity contribution in [3.8, 4) is 0 Å². The third-order valence-corrected chi connectivity index (χ3v) is 3.59. The molecule has 0 aromatic carbocycles. The normalized spacial score (nSPS) is 16.9. The summed E-state index contributed by atoms with van der Waals surface area (Å²) in [5.41, 5.74) is 4.99. The van der Waals surface area contributed by atoms with Gasteiger partial charge in [-0.25, -0.2) is 9.59 Å². The van der Waals surface area contributed by atoms with Crippen molar-refractivity contribution < 1.29 is 24.2 Å². The maximum Gasteiger partial charge on any atom is 0.326 e. The number of ether oxygens (including phenoxy) is 1. The van der Waals surface area contributed by atoms with E-state index in [0.717, 1.165) is 12.8 Å². The van der Waals surface area contributed by atoms with Gasteiger partial charge < -0.3 is 25.8 Å². The molecule has 0 heterocycles. The van der Waals surface area contributed by atoms with Crippen molar-refractivity contribution in [1.82, 2.24) is 10.2 Å². The Bertz CT molecular complexity index is 397. The zero-order chi connectivity index (χ0) is 16.0. The number of methoxy groups -OCH3 is 1. The van der Waals surface area contributed by atoms with Crippen LogP contribution in [0.1, 0.15) is 26.2 Å². The first kappa shape index (κ1) is 17.2. The molecule has 2 atom stereocenters. The minimum absolute atomic E-state index is 0.00294. The van der Waals surface area contributed by atoms with E-state index in [4.69, 9.17) is 15.6 Å². The molecule has 8 nitrogen and oxygen atoms in total. The van der Waals surface area contributed by atoms with Crippen LogP contribution >= 0.6 is 0 Å². The Morgan fingerprint density at radius 1 is 1.43 bits per heavy atom. The predicted octanol–water partition coefficient (Wildman–Crippen LogP) is -0.228. The summed E-state index contributed by atoms with van der Waals surface area (Å²) in [7, 11) is 1.53. The lowest BCUT2D eigenvalue weighted by atomic mass is 10.1. The van der Waals surface area contributed by atoms with Gasteiger partial charge in [-0.2, -0.15) is 0 Å². The van der Waals surface area contributed by atoms with Gasteiger partial charge in [0.25, 0.3) is 0 Å². The molecular weight excluding hydrogens is 278 g/mol. The topological polar surface area (TPSA) is 122 Å². The Morgan fingerprint density at radius 2 is 2.05 bits per heavy atom. The smallest absolute Gasteiger partial charge is 0.326 e. The predicted molar refractivity (Wildman–Crippen MR) is 74.5 cm³/mol. The average molecular weight is 301 g/mol. The van der Waals surface area contributed by atoms with E-state index in [2.05, 4.69) is 5.32 Å². The number of rotatable bonds is 9. The molecule has 0 spiro atoms. The number of urea groups is 1. The highest BCUT2D eigenvalue weighted by molar-refractivity contribution is 5.87. The van der Waals surface area contributed by atoms with Crippen molar-refractivity contribution in [2.24, 2.45) is 11.7 Å². The molecule has 4 N–H and O–H groups in total. The van der Waals surface area contributed by atoms with E-state index in [0.29, 0.717) is 19.1 Å². The number of carboxylic acid groups (broad SMARTS) is 1. The summed E-state index contributed by atoms with van der Waals surface area (Å²) >= 11 is 0. The lowest BCUT2D eigenvalue weighted by Gasteiger charge is -2.30. The molecule has 1 rings (SSSR count). The number of hydrogen-bond donors (Lipinski definition) is 3.